The number of hydrogen-bond acceptors (Lipinski definition) is 1. The average Bonchev–Trinajstić information content (AvgIpc) is 3.67. The molecule has 0 unspecified atom stereocenters. The second kappa shape index (κ2) is 16.1. The Balaban J connectivity index is 1.08. The second-order valence-corrected chi connectivity index (χ2v) is 16.4. The third-order valence-electron chi connectivity index (χ3n) is 12.8. The molecule has 2 heteroatoms. The molecule has 1 aliphatic rings. The first-order valence-electron chi connectivity index (χ1n) is 21.7. The van der Waals surface area contributed by atoms with Gasteiger partial charge in [0.05, 0.1) is 11.1 Å². The summed E-state index contributed by atoms with van der Waals surface area (Å²) in [5.41, 5.74) is 22.7. The molecule has 63 heavy (non-hydrogen) atoms. The molecule has 2 N–H and O–H groups in total. The number of benzene rings is 10. The molecular formula is C61H44N2. The van der Waals surface area contributed by atoms with Gasteiger partial charge in [0.2, 0.25) is 0 Å². The zero-order valence-corrected chi connectivity index (χ0v) is 34.8. The monoisotopic (exact) mass is 804 g/mol. The van der Waals surface area contributed by atoms with Gasteiger partial charge in [0.1, 0.15) is 5.84 Å². The Labute approximate surface area is 369 Å². The Kier molecular flexibility index (Phi) is 9.67. The van der Waals surface area contributed by atoms with E-state index in [9.17, 15) is 0 Å². The highest BCUT2D eigenvalue weighted by atomic mass is 14.9. The van der Waals surface area contributed by atoms with E-state index in [1.165, 1.54) is 66.4 Å². The summed E-state index contributed by atoms with van der Waals surface area (Å²) in [6, 6.07) is 85.3. The summed E-state index contributed by atoms with van der Waals surface area (Å²) in [7, 11) is 0. The zero-order valence-electron chi connectivity index (χ0n) is 34.8. The van der Waals surface area contributed by atoms with E-state index in [4.69, 9.17) is 10.7 Å². The van der Waals surface area contributed by atoms with Crippen LogP contribution >= 0.6 is 0 Å². The van der Waals surface area contributed by atoms with Crippen molar-refractivity contribution in [2.24, 2.45) is 10.7 Å². The molecule has 0 radical (unpaired) electrons. The number of nitrogens with zero attached hydrogens (tertiary/aromatic N) is 1. The normalized spacial score (nSPS) is 13.2. The van der Waals surface area contributed by atoms with Crippen LogP contribution < -0.4 is 5.73 Å². The molecule has 0 heterocycles. The molecule has 0 atom stereocenters. The molecule has 0 aliphatic heterocycles. The SMILES string of the molecule is NC(=N/C(=C\Cc1ccccc1)c1ccc(-c2ccc3c(c2)C(c2ccccc2)(c2ccccc2)c2c-3ccc3ccccc23)c2ccccc12)c1ccc(-c2ccccc2)cc1. The Morgan fingerprint density at radius 3 is 1.68 bits per heavy atom. The first-order chi connectivity index (χ1) is 31.2. The number of amidine groups is 1. The number of hydrogen-bond donors (Lipinski definition) is 1. The summed E-state index contributed by atoms with van der Waals surface area (Å²) in [5, 5.41) is 4.80. The van der Waals surface area contributed by atoms with Gasteiger partial charge in [-0.25, -0.2) is 4.99 Å². The van der Waals surface area contributed by atoms with Crippen LogP contribution in [-0.4, -0.2) is 5.84 Å². The average molecular weight is 805 g/mol. The summed E-state index contributed by atoms with van der Waals surface area (Å²) in [5.74, 6) is 0.478. The van der Waals surface area contributed by atoms with Gasteiger partial charge in [-0.05, 0) is 95.2 Å². The predicted octanol–water partition coefficient (Wildman–Crippen LogP) is 14.7. The number of fused-ring (bicyclic) bond motifs is 6. The van der Waals surface area contributed by atoms with E-state index in [-0.39, 0.29) is 0 Å². The minimum absolute atomic E-state index is 0.478. The second-order valence-electron chi connectivity index (χ2n) is 16.4. The molecule has 10 aromatic rings. The molecule has 10 aromatic carbocycles. The standard InChI is InChI=1S/C61H44N2/c62-60(46-32-30-44(31-33-46)43-19-7-2-8-20-43)63-58(40-29-42-17-5-1-6-18-42)55-39-38-50(52-27-15-16-28-53(52)55)47-35-36-54-56-37-34-45-21-13-14-26-51(45)59(56)61(57(54)41-47,48-22-9-3-10-23-48)49-24-11-4-12-25-49/h1-28,30-41H,29H2,(H2,62,63)/b58-40-. The smallest absolute Gasteiger partial charge is 0.131 e. The number of aliphatic imine (C=N–C) groups is 1. The van der Waals surface area contributed by atoms with Gasteiger partial charge in [-0.3, -0.25) is 0 Å². The van der Waals surface area contributed by atoms with Gasteiger partial charge >= 0.3 is 0 Å². The molecule has 0 bridgehead atoms. The predicted molar refractivity (Wildman–Crippen MR) is 265 cm³/mol. The van der Waals surface area contributed by atoms with Gasteiger partial charge in [0.25, 0.3) is 0 Å². The van der Waals surface area contributed by atoms with Crippen LogP contribution in [0.1, 0.15) is 38.9 Å². The minimum atomic E-state index is -0.543. The van der Waals surface area contributed by atoms with Crippen molar-refractivity contribution in [1.29, 1.82) is 0 Å². The van der Waals surface area contributed by atoms with E-state index >= 15 is 0 Å². The van der Waals surface area contributed by atoms with Crippen molar-refractivity contribution in [1.82, 2.24) is 0 Å². The van der Waals surface area contributed by atoms with E-state index in [0.29, 0.717) is 5.84 Å². The summed E-state index contributed by atoms with van der Waals surface area (Å²) in [6.07, 6.45) is 2.93. The van der Waals surface area contributed by atoms with E-state index in [1.54, 1.807) is 0 Å². The fourth-order valence-electron chi connectivity index (χ4n) is 9.91. The maximum Gasteiger partial charge on any atom is 0.131 e. The number of rotatable bonds is 9. The van der Waals surface area contributed by atoms with E-state index in [2.05, 4.69) is 237 Å². The summed E-state index contributed by atoms with van der Waals surface area (Å²) in [6.45, 7) is 0. The third-order valence-corrected chi connectivity index (χ3v) is 12.8. The maximum atomic E-state index is 6.91. The van der Waals surface area contributed by atoms with Gasteiger partial charge in [0.15, 0.2) is 0 Å². The summed E-state index contributed by atoms with van der Waals surface area (Å²) >= 11 is 0. The largest absolute Gasteiger partial charge is 0.383 e. The lowest BCUT2D eigenvalue weighted by atomic mass is 9.66. The highest BCUT2D eigenvalue weighted by Crippen LogP contribution is 2.58. The molecule has 0 saturated carbocycles. The van der Waals surface area contributed by atoms with Crippen molar-refractivity contribution >= 4 is 33.1 Å². The summed E-state index contributed by atoms with van der Waals surface area (Å²) < 4.78 is 0. The quantitative estimate of drug-likeness (QED) is 0.115. The van der Waals surface area contributed by atoms with Crippen LogP contribution in [0.5, 0.6) is 0 Å². The van der Waals surface area contributed by atoms with Gasteiger partial charge in [0, 0.05) is 11.1 Å². The lowest BCUT2D eigenvalue weighted by Gasteiger charge is -2.35. The van der Waals surface area contributed by atoms with Crippen molar-refractivity contribution in [3.8, 4) is 33.4 Å². The van der Waals surface area contributed by atoms with Gasteiger partial charge in [-0.1, -0.05) is 237 Å². The third kappa shape index (κ3) is 6.65. The highest BCUT2D eigenvalue weighted by molar-refractivity contribution is 6.07. The van der Waals surface area contributed by atoms with Crippen molar-refractivity contribution in [3.05, 3.63) is 282 Å². The maximum absolute atomic E-state index is 6.91. The topological polar surface area (TPSA) is 38.4 Å². The van der Waals surface area contributed by atoms with E-state index in [1.807, 2.05) is 6.07 Å². The van der Waals surface area contributed by atoms with Crippen molar-refractivity contribution in [3.63, 3.8) is 0 Å². The van der Waals surface area contributed by atoms with Crippen LogP contribution in [-0.2, 0) is 11.8 Å². The molecule has 0 saturated heterocycles. The fourth-order valence-corrected chi connectivity index (χ4v) is 9.91. The minimum Gasteiger partial charge on any atom is -0.383 e. The van der Waals surface area contributed by atoms with Crippen LogP contribution in [0.3, 0.4) is 0 Å². The van der Waals surface area contributed by atoms with Gasteiger partial charge < -0.3 is 5.73 Å². The summed E-state index contributed by atoms with van der Waals surface area (Å²) in [4.78, 5) is 5.22. The van der Waals surface area contributed by atoms with Crippen LogP contribution in [0.2, 0.25) is 0 Å². The Bertz CT molecular complexity index is 3290. The van der Waals surface area contributed by atoms with E-state index < -0.39 is 5.41 Å². The molecular weight excluding hydrogens is 761 g/mol. The number of nitrogens with two attached hydrogens (primary N) is 1. The van der Waals surface area contributed by atoms with Gasteiger partial charge in [-0.15, -0.1) is 0 Å². The molecule has 298 valence electrons. The molecule has 1 aliphatic carbocycles. The number of allylic oxidation sites excluding steroid dienone is 1. The molecule has 0 amide bonds. The first kappa shape index (κ1) is 37.9. The first-order valence-corrected chi connectivity index (χ1v) is 21.7. The zero-order chi connectivity index (χ0) is 42.2. The van der Waals surface area contributed by atoms with E-state index in [0.717, 1.165) is 39.6 Å². The van der Waals surface area contributed by atoms with Crippen molar-refractivity contribution < 1.29 is 0 Å². The van der Waals surface area contributed by atoms with Gasteiger partial charge in [-0.2, -0.15) is 0 Å². The Morgan fingerprint density at radius 2 is 0.984 bits per heavy atom. The molecule has 0 spiro atoms. The Morgan fingerprint density at radius 1 is 0.444 bits per heavy atom. The molecule has 11 rings (SSSR count). The lowest BCUT2D eigenvalue weighted by molar-refractivity contribution is 0.776. The highest BCUT2D eigenvalue weighted by Gasteiger charge is 2.47. The van der Waals surface area contributed by atoms with Crippen LogP contribution in [0.25, 0.3) is 60.6 Å². The molecule has 0 aromatic heterocycles. The van der Waals surface area contributed by atoms with Crippen LogP contribution in [0, 0.1) is 0 Å². The lowest BCUT2D eigenvalue weighted by Crippen LogP contribution is -2.28. The van der Waals surface area contributed by atoms with Crippen LogP contribution in [0.15, 0.2) is 248 Å². The fraction of sp³-hybridized carbons (Fsp3) is 0.0328. The van der Waals surface area contributed by atoms with Crippen molar-refractivity contribution in [2.45, 2.75) is 11.8 Å². The molecule has 2 nitrogen and oxygen atoms in total. The molecule has 0 fully saturated rings. The van der Waals surface area contributed by atoms with Crippen LogP contribution in [0.4, 0.5) is 0 Å². The van der Waals surface area contributed by atoms with Crippen molar-refractivity contribution in [2.75, 3.05) is 0 Å². The Hall–Kier alpha value is -8.07.